The topological polar surface area (TPSA) is 52.6 Å². The summed E-state index contributed by atoms with van der Waals surface area (Å²) in [5, 5.41) is 13.0. The molecule has 3 rings (SSSR count). The van der Waals surface area contributed by atoms with Crippen molar-refractivity contribution >= 4 is 5.97 Å². The highest BCUT2D eigenvalue weighted by atomic mass is 16.4. The van der Waals surface area contributed by atoms with Crippen molar-refractivity contribution in [1.82, 2.24) is 10.2 Å². The summed E-state index contributed by atoms with van der Waals surface area (Å²) in [7, 11) is 0. The fraction of sp³-hybridized carbons (Fsp3) is 0.938. The molecule has 4 heteroatoms. The number of fused-ring (bicyclic) bond motifs is 1. The number of nitrogens with one attached hydrogen (secondary N) is 1. The monoisotopic (exact) mass is 280 g/mol. The first-order chi connectivity index (χ1) is 9.64. The average Bonchev–Trinajstić information content (AvgIpc) is 3.09. The molecule has 3 aliphatic rings. The van der Waals surface area contributed by atoms with E-state index in [2.05, 4.69) is 17.1 Å². The molecule has 0 bridgehead atoms. The first-order valence-corrected chi connectivity index (χ1v) is 8.37. The van der Waals surface area contributed by atoms with Gasteiger partial charge in [-0.05, 0) is 56.9 Å². The number of likely N-dealkylation sites (tertiary alicyclic amines) is 1. The van der Waals surface area contributed by atoms with E-state index in [-0.39, 0.29) is 0 Å². The molecule has 2 N–H and O–H groups in total. The highest BCUT2D eigenvalue weighted by Gasteiger charge is 2.49. The van der Waals surface area contributed by atoms with Crippen LogP contribution < -0.4 is 5.32 Å². The van der Waals surface area contributed by atoms with E-state index in [0.29, 0.717) is 6.04 Å². The lowest BCUT2D eigenvalue weighted by molar-refractivity contribution is -0.144. The number of aliphatic carboxylic acids is 1. The Balaban J connectivity index is 1.62. The summed E-state index contributed by atoms with van der Waals surface area (Å²) >= 11 is 0. The van der Waals surface area contributed by atoms with Gasteiger partial charge in [-0.2, -0.15) is 0 Å². The third kappa shape index (κ3) is 2.48. The van der Waals surface area contributed by atoms with E-state index >= 15 is 0 Å². The zero-order chi connectivity index (χ0) is 14.2. The molecule has 20 heavy (non-hydrogen) atoms. The van der Waals surface area contributed by atoms with Gasteiger partial charge in [0.2, 0.25) is 0 Å². The number of carboxylic acids is 1. The van der Waals surface area contributed by atoms with E-state index in [4.69, 9.17) is 0 Å². The predicted molar refractivity (Wildman–Crippen MR) is 78.7 cm³/mol. The Labute approximate surface area is 121 Å². The Morgan fingerprint density at radius 2 is 2.00 bits per heavy atom. The summed E-state index contributed by atoms with van der Waals surface area (Å²) in [5.74, 6) is 1.16. The van der Waals surface area contributed by atoms with Crippen molar-refractivity contribution in [2.75, 3.05) is 19.6 Å². The number of hydrogen-bond acceptors (Lipinski definition) is 3. The second-order valence-corrected chi connectivity index (χ2v) is 7.12. The van der Waals surface area contributed by atoms with Gasteiger partial charge < -0.3 is 10.4 Å². The number of rotatable bonds is 5. The van der Waals surface area contributed by atoms with E-state index in [0.717, 1.165) is 44.1 Å². The molecule has 1 aliphatic heterocycles. The van der Waals surface area contributed by atoms with Crippen molar-refractivity contribution in [1.29, 1.82) is 0 Å². The van der Waals surface area contributed by atoms with Gasteiger partial charge in [0.1, 0.15) is 5.54 Å². The maximum Gasteiger partial charge on any atom is 0.323 e. The molecule has 2 saturated carbocycles. The van der Waals surface area contributed by atoms with Crippen LogP contribution in [-0.4, -0.2) is 47.2 Å². The quantitative estimate of drug-likeness (QED) is 0.810. The Morgan fingerprint density at radius 1 is 1.30 bits per heavy atom. The Bertz CT molecular complexity index is 361. The molecule has 0 spiro atoms. The Kier molecular flexibility index (Phi) is 4.04. The molecule has 0 amide bonds. The molecule has 114 valence electrons. The van der Waals surface area contributed by atoms with Crippen LogP contribution in [0.2, 0.25) is 0 Å². The highest BCUT2D eigenvalue weighted by Crippen LogP contribution is 2.42. The van der Waals surface area contributed by atoms with Crippen molar-refractivity contribution in [2.24, 2.45) is 11.8 Å². The molecule has 0 radical (unpaired) electrons. The van der Waals surface area contributed by atoms with Gasteiger partial charge in [-0.15, -0.1) is 0 Å². The minimum Gasteiger partial charge on any atom is -0.480 e. The van der Waals surface area contributed by atoms with Crippen LogP contribution in [-0.2, 0) is 4.79 Å². The van der Waals surface area contributed by atoms with Gasteiger partial charge in [0.15, 0.2) is 0 Å². The van der Waals surface area contributed by atoms with Crippen molar-refractivity contribution < 1.29 is 9.90 Å². The standard InChI is InChI=1S/C16H28N2O2/c1-2-8-17-16(15(19)20)7-6-14(9-16)18-10-12-4-3-5-13(12)11-18/h12-14,17H,2-11H2,1H3,(H,19,20). The third-order valence-electron chi connectivity index (χ3n) is 5.88. The van der Waals surface area contributed by atoms with Gasteiger partial charge in [-0.25, -0.2) is 0 Å². The summed E-state index contributed by atoms with van der Waals surface area (Å²) in [5.41, 5.74) is -0.654. The Hall–Kier alpha value is -0.610. The molecule has 0 aromatic heterocycles. The summed E-state index contributed by atoms with van der Waals surface area (Å²) in [6, 6.07) is 0.487. The lowest BCUT2D eigenvalue weighted by Crippen LogP contribution is -2.51. The number of hydrogen-bond donors (Lipinski definition) is 2. The van der Waals surface area contributed by atoms with Crippen LogP contribution in [0.5, 0.6) is 0 Å². The van der Waals surface area contributed by atoms with Crippen molar-refractivity contribution in [3.8, 4) is 0 Å². The molecule has 4 atom stereocenters. The van der Waals surface area contributed by atoms with Crippen LogP contribution in [0.25, 0.3) is 0 Å². The van der Waals surface area contributed by atoms with E-state index in [9.17, 15) is 9.90 Å². The predicted octanol–water partition coefficient (Wildman–Crippen LogP) is 2.09. The van der Waals surface area contributed by atoms with Crippen LogP contribution in [0.15, 0.2) is 0 Å². The maximum absolute atomic E-state index is 11.7. The molecular weight excluding hydrogens is 252 g/mol. The van der Waals surface area contributed by atoms with Gasteiger partial charge >= 0.3 is 5.97 Å². The lowest BCUT2D eigenvalue weighted by atomic mass is 9.97. The average molecular weight is 280 g/mol. The molecular formula is C16H28N2O2. The minimum atomic E-state index is -0.654. The van der Waals surface area contributed by atoms with Gasteiger partial charge in [-0.1, -0.05) is 13.3 Å². The van der Waals surface area contributed by atoms with E-state index in [1.165, 1.54) is 32.4 Å². The van der Waals surface area contributed by atoms with Gasteiger partial charge in [0.25, 0.3) is 0 Å². The second-order valence-electron chi connectivity index (χ2n) is 7.12. The van der Waals surface area contributed by atoms with Crippen LogP contribution in [0.3, 0.4) is 0 Å². The molecule has 0 aromatic carbocycles. The molecule has 3 fully saturated rings. The zero-order valence-corrected chi connectivity index (χ0v) is 12.6. The molecule has 0 aromatic rings. The summed E-state index contributed by atoms with van der Waals surface area (Å²) in [6.45, 7) is 5.35. The van der Waals surface area contributed by atoms with E-state index < -0.39 is 11.5 Å². The van der Waals surface area contributed by atoms with Crippen LogP contribution in [0.4, 0.5) is 0 Å². The fourth-order valence-corrected chi connectivity index (χ4v) is 4.70. The van der Waals surface area contributed by atoms with Gasteiger partial charge in [-0.3, -0.25) is 9.69 Å². The first-order valence-electron chi connectivity index (χ1n) is 8.37. The molecule has 1 heterocycles. The lowest BCUT2D eigenvalue weighted by Gasteiger charge is -2.29. The molecule has 4 nitrogen and oxygen atoms in total. The maximum atomic E-state index is 11.7. The summed E-state index contributed by atoms with van der Waals surface area (Å²) in [4.78, 5) is 14.3. The largest absolute Gasteiger partial charge is 0.480 e. The third-order valence-corrected chi connectivity index (χ3v) is 5.88. The number of carboxylic acid groups (broad SMARTS) is 1. The van der Waals surface area contributed by atoms with Crippen LogP contribution in [0.1, 0.15) is 51.9 Å². The SMILES string of the molecule is CCCNC1(C(=O)O)CCC(N2CC3CCCC3C2)C1. The molecule has 1 saturated heterocycles. The summed E-state index contributed by atoms with van der Waals surface area (Å²) < 4.78 is 0. The molecule has 4 unspecified atom stereocenters. The van der Waals surface area contributed by atoms with Gasteiger partial charge in [0, 0.05) is 19.1 Å². The smallest absolute Gasteiger partial charge is 0.323 e. The van der Waals surface area contributed by atoms with Crippen LogP contribution >= 0.6 is 0 Å². The summed E-state index contributed by atoms with van der Waals surface area (Å²) in [6.07, 6.45) is 7.82. The van der Waals surface area contributed by atoms with E-state index in [1.807, 2.05) is 0 Å². The van der Waals surface area contributed by atoms with Gasteiger partial charge in [0.05, 0.1) is 0 Å². The molecule has 2 aliphatic carbocycles. The zero-order valence-electron chi connectivity index (χ0n) is 12.6. The number of nitrogens with zero attached hydrogens (tertiary/aromatic N) is 1. The van der Waals surface area contributed by atoms with Crippen molar-refractivity contribution in [2.45, 2.75) is 63.5 Å². The highest BCUT2D eigenvalue weighted by molar-refractivity contribution is 5.79. The van der Waals surface area contributed by atoms with E-state index in [1.54, 1.807) is 0 Å². The number of carbonyl (C=O) groups is 1. The fourth-order valence-electron chi connectivity index (χ4n) is 4.70. The first kappa shape index (κ1) is 14.3. The van der Waals surface area contributed by atoms with Crippen LogP contribution in [0, 0.1) is 11.8 Å². The normalized spacial score (nSPS) is 41.1. The second kappa shape index (κ2) is 5.64. The Morgan fingerprint density at radius 3 is 2.60 bits per heavy atom. The van der Waals surface area contributed by atoms with Crippen molar-refractivity contribution in [3.05, 3.63) is 0 Å². The minimum absolute atomic E-state index is 0.487. The van der Waals surface area contributed by atoms with Crippen molar-refractivity contribution in [3.63, 3.8) is 0 Å².